The Bertz CT molecular complexity index is 1130. The molecular formula is C29H37N4O. The minimum absolute atomic E-state index is 0.0339. The first-order valence-corrected chi connectivity index (χ1v) is 12.8. The Morgan fingerprint density at radius 1 is 1.12 bits per heavy atom. The number of aromatic nitrogens is 2. The molecule has 5 heteroatoms. The van der Waals surface area contributed by atoms with E-state index in [-0.39, 0.29) is 11.3 Å². The predicted octanol–water partition coefficient (Wildman–Crippen LogP) is 5.47. The van der Waals surface area contributed by atoms with Gasteiger partial charge in [-0.15, -0.1) is 0 Å². The van der Waals surface area contributed by atoms with Gasteiger partial charge in [0.2, 0.25) is 0 Å². The van der Waals surface area contributed by atoms with Crippen molar-refractivity contribution in [3.8, 4) is 0 Å². The number of pyridine rings is 1. The van der Waals surface area contributed by atoms with Crippen LogP contribution in [0.15, 0.2) is 54.7 Å². The second-order valence-corrected chi connectivity index (χ2v) is 11.2. The Kier molecular flexibility index (Phi) is 6.48. The summed E-state index contributed by atoms with van der Waals surface area (Å²) in [5.74, 6) is 1.13. The van der Waals surface area contributed by atoms with Crippen molar-refractivity contribution in [1.82, 2.24) is 19.6 Å². The molecule has 2 fully saturated rings. The van der Waals surface area contributed by atoms with Gasteiger partial charge in [-0.3, -0.25) is 14.1 Å². The summed E-state index contributed by atoms with van der Waals surface area (Å²) in [5, 5.41) is 3.23. The van der Waals surface area contributed by atoms with Gasteiger partial charge in [0.1, 0.15) is 11.3 Å². The molecule has 1 saturated carbocycles. The van der Waals surface area contributed by atoms with Crippen molar-refractivity contribution in [1.29, 1.82) is 0 Å². The van der Waals surface area contributed by atoms with E-state index in [1.54, 1.807) is 0 Å². The van der Waals surface area contributed by atoms with Crippen LogP contribution >= 0.6 is 0 Å². The van der Waals surface area contributed by atoms with Crippen LogP contribution in [0.4, 0.5) is 0 Å². The maximum atomic E-state index is 13.3. The van der Waals surface area contributed by atoms with Crippen LogP contribution in [-0.4, -0.2) is 39.3 Å². The SMILES string of the molecule is CC(C)(C)C1[CH]CCN1Cc1cn2c(C(=O)NCC(CC3CC3)c3ccccc3)cccc2n1. The molecule has 2 unspecified atom stereocenters. The molecular weight excluding hydrogens is 420 g/mol. The van der Waals surface area contributed by atoms with Crippen molar-refractivity contribution in [3.63, 3.8) is 0 Å². The van der Waals surface area contributed by atoms with Gasteiger partial charge in [0.05, 0.1) is 5.69 Å². The van der Waals surface area contributed by atoms with Crippen molar-refractivity contribution in [3.05, 3.63) is 78.1 Å². The molecule has 1 saturated heterocycles. The van der Waals surface area contributed by atoms with Crippen molar-refractivity contribution in [2.24, 2.45) is 11.3 Å². The summed E-state index contributed by atoms with van der Waals surface area (Å²) >= 11 is 0. The highest BCUT2D eigenvalue weighted by Gasteiger charge is 2.34. The summed E-state index contributed by atoms with van der Waals surface area (Å²) in [6, 6.07) is 16.9. The lowest BCUT2D eigenvalue weighted by Crippen LogP contribution is -2.39. The second kappa shape index (κ2) is 9.53. The zero-order valence-electron chi connectivity index (χ0n) is 20.7. The molecule has 1 radical (unpaired) electrons. The fraction of sp³-hybridized carbons (Fsp3) is 0.483. The molecule has 2 aromatic heterocycles. The number of fused-ring (bicyclic) bond motifs is 1. The third-order valence-electron chi connectivity index (χ3n) is 7.32. The number of hydrogen-bond donors (Lipinski definition) is 1. The highest BCUT2D eigenvalue weighted by molar-refractivity contribution is 5.93. The normalized spacial score (nSPS) is 20.0. The maximum absolute atomic E-state index is 13.3. The summed E-state index contributed by atoms with van der Waals surface area (Å²) in [4.78, 5) is 20.6. The van der Waals surface area contributed by atoms with Crippen LogP contribution in [0.5, 0.6) is 0 Å². The Morgan fingerprint density at radius 2 is 1.91 bits per heavy atom. The third kappa shape index (κ3) is 5.20. The largest absolute Gasteiger partial charge is 0.350 e. The minimum Gasteiger partial charge on any atom is -0.350 e. The predicted molar refractivity (Wildman–Crippen MR) is 137 cm³/mol. The fourth-order valence-corrected chi connectivity index (χ4v) is 5.42. The number of carbonyl (C=O) groups excluding carboxylic acids is 1. The first-order valence-electron chi connectivity index (χ1n) is 12.8. The zero-order chi connectivity index (χ0) is 23.7. The van der Waals surface area contributed by atoms with E-state index in [1.807, 2.05) is 28.8 Å². The average Bonchev–Trinajstić information content (AvgIpc) is 3.33. The monoisotopic (exact) mass is 457 g/mol. The third-order valence-corrected chi connectivity index (χ3v) is 7.32. The molecule has 0 bridgehead atoms. The molecule has 3 aromatic rings. The lowest BCUT2D eigenvalue weighted by molar-refractivity contribution is 0.0944. The smallest absolute Gasteiger partial charge is 0.268 e. The van der Waals surface area contributed by atoms with E-state index >= 15 is 0 Å². The van der Waals surface area contributed by atoms with Crippen LogP contribution in [0.2, 0.25) is 0 Å². The molecule has 3 heterocycles. The van der Waals surface area contributed by atoms with Crippen molar-refractivity contribution in [2.45, 2.75) is 65.0 Å². The average molecular weight is 458 g/mol. The molecule has 1 aliphatic carbocycles. The van der Waals surface area contributed by atoms with Crippen LogP contribution < -0.4 is 5.32 Å². The van der Waals surface area contributed by atoms with Gasteiger partial charge in [0.25, 0.3) is 5.91 Å². The molecule has 1 aliphatic heterocycles. The number of rotatable bonds is 8. The number of nitrogens with one attached hydrogen (secondary N) is 1. The molecule has 2 atom stereocenters. The molecule has 1 N–H and O–H groups in total. The van der Waals surface area contributed by atoms with E-state index in [9.17, 15) is 4.79 Å². The van der Waals surface area contributed by atoms with Gasteiger partial charge in [-0.25, -0.2) is 4.98 Å². The molecule has 0 spiro atoms. The lowest BCUT2D eigenvalue weighted by Gasteiger charge is -2.34. The van der Waals surface area contributed by atoms with E-state index in [4.69, 9.17) is 4.98 Å². The minimum atomic E-state index is -0.0339. The van der Waals surface area contributed by atoms with E-state index in [0.29, 0.717) is 24.2 Å². The van der Waals surface area contributed by atoms with Crippen LogP contribution in [0, 0.1) is 17.8 Å². The number of nitrogens with zero attached hydrogens (tertiary/aromatic N) is 3. The summed E-state index contributed by atoms with van der Waals surface area (Å²) in [7, 11) is 0. The second-order valence-electron chi connectivity index (χ2n) is 11.2. The fourth-order valence-electron chi connectivity index (χ4n) is 5.42. The Hall–Kier alpha value is -2.66. The summed E-state index contributed by atoms with van der Waals surface area (Å²) in [5.41, 5.74) is 4.01. The maximum Gasteiger partial charge on any atom is 0.268 e. The van der Waals surface area contributed by atoms with E-state index in [1.165, 1.54) is 18.4 Å². The van der Waals surface area contributed by atoms with Crippen molar-refractivity contribution in [2.75, 3.05) is 13.1 Å². The van der Waals surface area contributed by atoms with Crippen molar-refractivity contribution >= 4 is 11.6 Å². The summed E-state index contributed by atoms with van der Waals surface area (Å²) < 4.78 is 1.95. The number of likely N-dealkylation sites (tertiary alicyclic amines) is 1. The van der Waals surface area contributed by atoms with Crippen LogP contribution in [0.1, 0.15) is 74.1 Å². The van der Waals surface area contributed by atoms with Crippen LogP contribution in [0.3, 0.4) is 0 Å². The van der Waals surface area contributed by atoms with E-state index < -0.39 is 0 Å². The van der Waals surface area contributed by atoms with E-state index in [2.05, 4.69) is 67.7 Å². The molecule has 34 heavy (non-hydrogen) atoms. The number of benzene rings is 1. The van der Waals surface area contributed by atoms with Crippen LogP contribution in [-0.2, 0) is 6.54 Å². The topological polar surface area (TPSA) is 49.6 Å². The van der Waals surface area contributed by atoms with Gasteiger partial charge >= 0.3 is 0 Å². The lowest BCUT2D eigenvalue weighted by atomic mass is 9.85. The number of amides is 1. The van der Waals surface area contributed by atoms with E-state index in [0.717, 1.165) is 43.2 Å². The Labute approximate surface area is 203 Å². The summed E-state index contributed by atoms with van der Waals surface area (Å²) in [6.45, 7) is 9.41. The molecule has 1 amide bonds. The molecule has 1 aromatic carbocycles. The Morgan fingerprint density at radius 3 is 2.65 bits per heavy atom. The van der Waals surface area contributed by atoms with Gasteiger partial charge in [-0.1, -0.05) is 70.0 Å². The molecule has 179 valence electrons. The summed E-state index contributed by atoms with van der Waals surface area (Å²) in [6.07, 6.45) is 9.37. The van der Waals surface area contributed by atoms with Gasteiger partial charge in [-0.05, 0) is 54.8 Å². The van der Waals surface area contributed by atoms with Gasteiger partial charge in [0.15, 0.2) is 0 Å². The number of carbonyl (C=O) groups is 1. The van der Waals surface area contributed by atoms with Gasteiger partial charge < -0.3 is 5.32 Å². The molecule has 2 aliphatic rings. The first kappa shape index (κ1) is 23.1. The van der Waals surface area contributed by atoms with Gasteiger partial charge in [-0.2, -0.15) is 0 Å². The van der Waals surface area contributed by atoms with Gasteiger partial charge in [0, 0.05) is 31.2 Å². The first-order chi connectivity index (χ1) is 16.4. The molecule has 5 nitrogen and oxygen atoms in total. The van der Waals surface area contributed by atoms with Crippen LogP contribution in [0.25, 0.3) is 5.65 Å². The zero-order valence-corrected chi connectivity index (χ0v) is 20.7. The quantitative estimate of drug-likeness (QED) is 0.488. The standard InChI is InChI=1S/C29H37N4O/c1-29(2,3)26-12-8-16-32(26)19-24-20-33-25(11-7-13-27(33)31-24)28(34)30-18-23(17-21-14-15-21)22-9-5-4-6-10-22/h4-7,9-13,20-21,23,26H,8,14-19H2,1-3H3,(H,30,34). The molecule has 5 rings (SSSR count). The highest BCUT2D eigenvalue weighted by atomic mass is 16.1. The highest BCUT2D eigenvalue weighted by Crippen LogP contribution is 2.38. The number of hydrogen-bond acceptors (Lipinski definition) is 3. The van der Waals surface area contributed by atoms with Crippen molar-refractivity contribution < 1.29 is 4.79 Å². The number of imidazole rings is 1. The Balaban J connectivity index is 1.30.